The lowest BCUT2D eigenvalue weighted by molar-refractivity contribution is 0.0678. The minimum atomic E-state index is -1.40. The van der Waals surface area contributed by atoms with Gasteiger partial charge in [-0.15, -0.1) is 0 Å². The first-order chi connectivity index (χ1) is 12.8. The van der Waals surface area contributed by atoms with E-state index in [0.717, 1.165) is 6.07 Å². The van der Waals surface area contributed by atoms with Crippen molar-refractivity contribution in [3.63, 3.8) is 0 Å². The summed E-state index contributed by atoms with van der Waals surface area (Å²) >= 11 is 0. The third-order valence-corrected chi connectivity index (χ3v) is 3.92. The number of aromatic carboxylic acids is 3. The molecule has 3 aromatic rings. The van der Waals surface area contributed by atoms with Crippen molar-refractivity contribution in [2.75, 3.05) is 13.7 Å². The summed E-state index contributed by atoms with van der Waals surface area (Å²) in [5.41, 5.74) is -0.968. The lowest BCUT2D eigenvalue weighted by Gasteiger charge is -2.15. The van der Waals surface area contributed by atoms with Gasteiger partial charge >= 0.3 is 17.9 Å². The molecule has 0 bridgehead atoms. The van der Waals surface area contributed by atoms with E-state index in [4.69, 9.17) is 9.47 Å². The Labute approximate surface area is 151 Å². The molecule has 140 valence electrons. The summed E-state index contributed by atoms with van der Waals surface area (Å²) < 4.78 is 10.9. The van der Waals surface area contributed by atoms with Crippen molar-refractivity contribution in [1.82, 2.24) is 9.97 Å². The van der Waals surface area contributed by atoms with Crippen LogP contribution < -0.4 is 9.47 Å². The molecule has 2 heterocycles. The van der Waals surface area contributed by atoms with E-state index in [0.29, 0.717) is 0 Å². The fourth-order valence-corrected chi connectivity index (χ4v) is 2.89. The predicted octanol–water partition coefficient (Wildman–Crippen LogP) is 2.22. The first-order valence-corrected chi connectivity index (χ1v) is 7.70. The molecule has 10 nitrogen and oxygen atoms in total. The Balaban J connectivity index is 2.63. The molecule has 0 fully saturated rings. The smallest absolute Gasteiger partial charge is 0.354 e. The monoisotopic (exact) mass is 374 g/mol. The third-order valence-electron chi connectivity index (χ3n) is 3.92. The summed E-state index contributed by atoms with van der Waals surface area (Å²) in [5.74, 6) is -3.89. The second-order valence-corrected chi connectivity index (χ2v) is 5.46. The number of nitrogens with zero attached hydrogens (tertiary/aromatic N) is 1. The van der Waals surface area contributed by atoms with Gasteiger partial charge in [-0.25, -0.2) is 19.4 Å². The first-order valence-electron chi connectivity index (χ1n) is 7.70. The zero-order valence-corrected chi connectivity index (χ0v) is 14.2. The highest BCUT2D eigenvalue weighted by Crippen LogP contribution is 2.44. The normalized spacial score (nSPS) is 10.9. The van der Waals surface area contributed by atoms with Crippen LogP contribution in [0.5, 0.6) is 11.5 Å². The molecule has 0 saturated heterocycles. The first kappa shape index (κ1) is 18.0. The van der Waals surface area contributed by atoms with Crippen molar-refractivity contribution in [2.45, 2.75) is 6.92 Å². The maximum absolute atomic E-state index is 11.8. The molecule has 0 aliphatic heterocycles. The number of carboxylic acid groups (broad SMARTS) is 3. The van der Waals surface area contributed by atoms with Crippen molar-refractivity contribution < 1.29 is 39.2 Å². The molecule has 0 radical (unpaired) electrons. The van der Waals surface area contributed by atoms with Crippen molar-refractivity contribution in [2.24, 2.45) is 0 Å². The largest absolute Gasteiger partial charge is 0.491 e. The maximum Gasteiger partial charge on any atom is 0.354 e. The molecule has 0 unspecified atom stereocenters. The number of rotatable bonds is 6. The highest BCUT2D eigenvalue weighted by molar-refractivity contribution is 6.19. The average molecular weight is 374 g/mol. The standard InChI is InChI=1S/C17H14N2O8/c1-3-27-13-7-5-9(17(24)25)18-11(7)10-6(15(20)21)4-8(16(22)23)19-12(10)14(13)26-2/h4-5,19H,3H2,1-2H3,(H,20,21)(H,22,23)(H,24,25). The Hall–Kier alpha value is -3.82. The van der Waals surface area contributed by atoms with Gasteiger partial charge < -0.3 is 29.8 Å². The number of benzene rings is 1. The van der Waals surface area contributed by atoms with Crippen LogP contribution in [0.1, 0.15) is 38.3 Å². The summed E-state index contributed by atoms with van der Waals surface area (Å²) in [6.07, 6.45) is 0. The summed E-state index contributed by atoms with van der Waals surface area (Å²) in [6, 6.07) is 2.20. The minimum absolute atomic E-state index is 0.0234. The van der Waals surface area contributed by atoms with Gasteiger partial charge in [-0.05, 0) is 19.1 Å². The van der Waals surface area contributed by atoms with Crippen LogP contribution in [-0.2, 0) is 0 Å². The number of pyridine rings is 1. The van der Waals surface area contributed by atoms with Crippen LogP contribution in [-0.4, -0.2) is 56.9 Å². The molecule has 0 spiro atoms. The van der Waals surface area contributed by atoms with Crippen molar-refractivity contribution in [3.8, 4) is 11.5 Å². The Morgan fingerprint density at radius 3 is 2.30 bits per heavy atom. The number of aromatic nitrogens is 2. The van der Waals surface area contributed by atoms with Crippen LogP contribution in [0.25, 0.3) is 21.8 Å². The van der Waals surface area contributed by atoms with Crippen LogP contribution in [0.2, 0.25) is 0 Å². The van der Waals surface area contributed by atoms with E-state index in [1.54, 1.807) is 6.92 Å². The van der Waals surface area contributed by atoms with Crippen LogP contribution in [0.4, 0.5) is 0 Å². The number of methoxy groups -OCH3 is 1. The maximum atomic E-state index is 11.8. The number of hydrogen-bond acceptors (Lipinski definition) is 6. The number of H-pyrrole nitrogens is 1. The quantitative estimate of drug-likeness (QED) is 0.507. The molecule has 0 saturated carbocycles. The third kappa shape index (κ3) is 2.76. The van der Waals surface area contributed by atoms with E-state index >= 15 is 0 Å². The summed E-state index contributed by atoms with van der Waals surface area (Å²) in [7, 11) is 1.30. The van der Waals surface area contributed by atoms with Gasteiger partial charge in [0.1, 0.15) is 11.4 Å². The summed E-state index contributed by atoms with van der Waals surface area (Å²) in [4.78, 5) is 41.1. The molecule has 3 rings (SSSR count). The fraction of sp³-hybridized carbons (Fsp3) is 0.176. The zero-order chi connectivity index (χ0) is 19.9. The Kier molecular flexibility index (Phi) is 4.32. The topological polar surface area (TPSA) is 159 Å². The Morgan fingerprint density at radius 1 is 1.07 bits per heavy atom. The minimum Gasteiger partial charge on any atom is -0.491 e. The highest BCUT2D eigenvalue weighted by Gasteiger charge is 2.26. The molecule has 1 aromatic carbocycles. The van der Waals surface area contributed by atoms with E-state index < -0.39 is 17.9 Å². The molecule has 0 aliphatic rings. The van der Waals surface area contributed by atoms with E-state index in [1.165, 1.54) is 13.2 Å². The van der Waals surface area contributed by atoms with Crippen molar-refractivity contribution in [1.29, 1.82) is 0 Å². The predicted molar refractivity (Wildman–Crippen MR) is 92.2 cm³/mol. The molecule has 2 aromatic heterocycles. The van der Waals surface area contributed by atoms with Crippen LogP contribution in [0.3, 0.4) is 0 Å². The Morgan fingerprint density at radius 2 is 1.78 bits per heavy atom. The van der Waals surface area contributed by atoms with Gasteiger partial charge in [-0.2, -0.15) is 0 Å². The van der Waals surface area contributed by atoms with Crippen LogP contribution in [0.15, 0.2) is 12.1 Å². The van der Waals surface area contributed by atoms with Gasteiger partial charge in [0.05, 0.1) is 30.3 Å². The van der Waals surface area contributed by atoms with Crippen LogP contribution in [0, 0.1) is 0 Å². The number of fused-ring (bicyclic) bond motifs is 3. The van der Waals surface area contributed by atoms with Gasteiger partial charge in [0.15, 0.2) is 11.5 Å². The Bertz CT molecular complexity index is 1120. The number of ether oxygens (including phenoxy) is 2. The highest BCUT2D eigenvalue weighted by atomic mass is 16.5. The molecule has 0 amide bonds. The molecule has 0 atom stereocenters. The number of carbonyl (C=O) groups is 3. The van der Waals surface area contributed by atoms with Crippen LogP contribution >= 0.6 is 0 Å². The molecule has 0 aliphatic carbocycles. The molecule has 4 N–H and O–H groups in total. The SMILES string of the molecule is CCOc1c(OC)c2[nH]c(C(=O)O)cc(C(=O)O)c2c2nc(C(=O)O)cc12. The zero-order valence-electron chi connectivity index (χ0n) is 14.2. The summed E-state index contributed by atoms with van der Waals surface area (Å²) in [6.45, 7) is 1.90. The van der Waals surface area contributed by atoms with E-state index in [1.807, 2.05) is 0 Å². The van der Waals surface area contributed by atoms with Gasteiger partial charge in [-0.3, -0.25) is 0 Å². The van der Waals surface area contributed by atoms with Gasteiger partial charge in [0, 0.05) is 10.8 Å². The van der Waals surface area contributed by atoms with Crippen molar-refractivity contribution in [3.05, 3.63) is 29.1 Å². The molecule has 10 heteroatoms. The van der Waals surface area contributed by atoms with E-state index in [-0.39, 0.29) is 56.9 Å². The molecule has 27 heavy (non-hydrogen) atoms. The second kappa shape index (κ2) is 6.48. The number of aromatic amines is 1. The van der Waals surface area contributed by atoms with Gasteiger partial charge in [-0.1, -0.05) is 0 Å². The lowest BCUT2D eigenvalue weighted by atomic mass is 10.0. The average Bonchev–Trinajstić information content (AvgIpc) is 3.06. The van der Waals surface area contributed by atoms with Gasteiger partial charge in [0.25, 0.3) is 0 Å². The fourth-order valence-electron chi connectivity index (χ4n) is 2.89. The number of carboxylic acids is 3. The summed E-state index contributed by atoms with van der Waals surface area (Å²) in [5, 5.41) is 28.4. The number of nitrogens with one attached hydrogen (secondary N) is 1. The molecular weight excluding hydrogens is 360 g/mol. The second-order valence-electron chi connectivity index (χ2n) is 5.46. The van der Waals surface area contributed by atoms with E-state index in [2.05, 4.69) is 9.97 Å². The van der Waals surface area contributed by atoms with E-state index in [9.17, 15) is 29.7 Å². The van der Waals surface area contributed by atoms with Crippen molar-refractivity contribution >= 4 is 39.7 Å². The lowest BCUT2D eigenvalue weighted by Crippen LogP contribution is -2.08. The molecular formula is C17H14N2O8. The van der Waals surface area contributed by atoms with Gasteiger partial charge in [0.2, 0.25) is 0 Å². The number of hydrogen-bond donors (Lipinski definition) is 4.